The maximum atomic E-state index is 10.9. The second-order valence-corrected chi connectivity index (χ2v) is 16.9. The van der Waals surface area contributed by atoms with Gasteiger partial charge in [0.15, 0.2) is 5.79 Å². The molecule has 1 heterocycles. The number of hydrogen-bond acceptors (Lipinski definition) is 3. The number of rotatable bonds is 3. The van der Waals surface area contributed by atoms with Crippen molar-refractivity contribution in [1.82, 2.24) is 0 Å². The van der Waals surface area contributed by atoms with E-state index in [4.69, 9.17) is 9.47 Å². The SMILES string of the molecule is C[C@H](C[C@H]1CC(C)(C)OC(C)(C)O1)[C@H]1CC[C@@]2(C)[C@@H]3CC[C@H]4C(C)(C)[C@@H](O)CC[C@@]45C[C@@]35CC[C@]12C. The van der Waals surface area contributed by atoms with Crippen molar-refractivity contribution in [3.63, 3.8) is 0 Å². The molecule has 0 aromatic rings. The quantitative estimate of drug-likeness (QED) is 0.425. The highest BCUT2D eigenvalue weighted by molar-refractivity contribution is 5.30. The standard InChI is InChI=1S/C33H56O3/c1-21(18-22-19-27(2,3)36-29(6,7)35-22)23-12-14-31(9)25-11-10-24-28(4,5)26(34)13-15-32(24)20-33(25,32)17-16-30(23,31)8/h21-26,34H,10-20H2,1-9H3/t21-,22+,23-,24+,25+,26+,30-,31+,32-,33+/m1/s1. The number of ether oxygens (including phenoxy) is 2. The molecule has 1 N–H and O–H groups in total. The van der Waals surface area contributed by atoms with Gasteiger partial charge in [-0.1, -0.05) is 34.6 Å². The van der Waals surface area contributed by atoms with Gasteiger partial charge in [0.2, 0.25) is 0 Å². The van der Waals surface area contributed by atoms with Gasteiger partial charge in [0, 0.05) is 6.42 Å². The van der Waals surface area contributed by atoms with Gasteiger partial charge >= 0.3 is 0 Å². The van der Waals surface area contributed by atoms with Crippen molar-refractivity contribution in [3.8, 4) is 0 Å². The van der Waals surface area contributed by atoms with Crippen molar-refractivity contribution >= 4 is 0 Å². The van der Waals surface area contributed by atoms with Gasteiger partial charge in [0.1, 0.15) is 0 Å². The summed E-state index contributed by atoms with van der Waals surface area (Å²) in [6.07, 6.45) is 14.6. The highest BCUT2D eigenvalue weighted by atomic mass is 16.7. The van der Waals surface area contributed by atoms with Crippen LogP contribution < -0.4 is 0 Å². The fraction of sp³-hybridized carbons (Fsp3) is 1.00. The van der Waals surface area contributed by atoms with E-state index in [9.17, 15) is 5.11 Å². The van der Waals surface area contributed by atoms with E-state index in [0.717, 1.165) is 30.6 Å². The van der Waals surface area contributed by atoms with Crippen LogP contribution in [0.3, 0.4) is 0 Å². The van der Waals surface area contributed by atoms with Crippen LogP contribution >= 0.6 is 0 Å². The summed E-state index contributed by atoms with van der Waals surface area (Å²) in [6, 6.07) is 0. The van der Waals surface area contributed by atoms with E-state index < -0.39 is 5.79 Å². The first-order valence-electron chi connectivity index (χ1n) is 15.6. The molecule has 36 heavy (non-hydrogen) atoms. The van der Waals surface area contributed by atoms with Crippen molar-refractivity contribution in [1.29, 1.82) is 0 Å². The van der Waals surface area contributed by atoms with Gasteiger partial charge in [-0.2, -0.15) is 0 Å². The van der Waals surface area contributed by atoms with Crippen LogP contribution in [0.1, 0.15) is 133 Å². The summed E-state index contributed by atoms with van der Waals surface area (Å²) in [7, 11) is 0. The van der Waals surface area contributed by atoms with Crippen molar-refractivity contribution in [3.05, 3.63) is 0 Å². The summed E-state index contributed by atoms with van der Waals surface area (Å²) in [5, 5.41) is 10.9. The molecule has 3 nitrogen and oxygen atoms in total. The molecule has 0 aromatic heterocycles. The molecule has 6 rings (SSSR count). The predicted molar refractivity (Wildman–Crippen MR) is 145 cm³/mol. The molecule has 2 spiro atoms. The topological polar surface area (TPSA) is 38.7 Å². The first-order valence-corrected chi connectivity index (χ1v) is 15.6. The van der Waals surface area contributed by atoms with E-state index in [1.807, 2.05) is 0 Å². The first-order chi connectivity index (χ1) is 16.5. The zero-order valence-corrected chi connectivity index (χ0v) is 25.0. The Labute approximate surface area is 221 Å². The molecule has 0 unspecified atom stereocenters. The largest absolute Gasteiger partial charge is 0.393 e. The highest BCUT2D eigenvalue weighted by Gasteiger charge is 2.82. The molecule has 0 aromatic carbocycles. The Hall–Kier alpha value is -0.120. The van der Waals surface area contributed by atoms with Crippen LogP contribution in [0.2, 0.25) is 0 Å². The van der Waals surface area contributed by atoms with Crippen LogP contribution in [0, 0.1) is 50.7 Å². The van der Waals surface area contributed by atoms with Crippen molar-refractivity contribution in [2.24, 2.45) is 50.7 Å². The zero-order valence-electron chi connectivity index (χ0n) is 25.0. The normalized spacial score (nSPS) is 55.0. The van der Waals surface area contributed by atoms with E-state index in [-0.39, 0.29) is 17.1 Å². The van der Waals surface area contributed by atoms with Crippen LogP contribution in [0.25, 0.3) is 0 Å². The monoisotopic (exact) mass is 500 g/mol. The number of hydrogen-bond donors (Lipinski definition) is 1. The summed E-state index contributed by atoms with van der Waals surface area (Å²) in [4.78, 5) is 0. The summed E-state index contributed by atoms with van der Waals surface area (Å²) in [5.41, 5.74) is 2.01. The smallest absolute Gasteiger partial charge is 0.163 e. The summed E-state index contributed by atoms with van der Waals surface area (Å²) in [6.45, 7) is 21.4. The summed E-state index contributed by atoms with van der Waals surface area (Å²) >= 11 is 0. The van der Waals surface area contributed by atoms with Crippen LogP contribution in [-0.4, -0.2) is 28.7 Å². The molecule has 5 saturated carbocycles. The van der Waals surface area contributed by atoms with E-state index in [2.05, 4.69) is 62.3 Å². The zero-order chi connectivity index (χ0) is 26.2. The minimum absolute atomic E-state index is 0.0896. The van der Waals surface area contributed by atoms with E-state index in [1.165, 1.54) is 57.8 Å². The Morgan fingerprint density at radius 1 is 0.778 bits per heavy atom. The molecule has 1 aliphatic heterocycles. The van der Waals surface area contributed by atoms with Crippen LogP contribution in [0.15, 0.2) is 0 Å². The lowest BCUT2D eigenvalue weighted by Gasteiger charge is -2.63. The molecule has 6 aliphatic rings. The molecule has 1 saturated heterocycles. The van der Waals surface area contributed by atoms with Gasteiger partial charge in [0.05, 0.1) is 17.8 Å². The first kappa shape index (κ1) is 26.1. The van der Waals surface area contributed by atoms with Gasteiger partial charge in [-0.05, 0) is 143 Å². The molecular formula is C33H56O3. The second-order valence-electron chi connectivity index (χ2n) is 16.9. The van der Waals surface area contributed by atoms with Crippen LogP contribution in [0.4, 0.5) is 0 Å². The van der Waals surface area contributed by atoms with Crippen molar-refractivity contribution in [2.45, 2.75) is 157 Å². The van der Waals surface area contributed by atoms with Gasteiger partial charge in [-0.25, -0.2) is 0 Å². The van der Waals surface area contributed by atoms with Gasteiger partial charge in [-0.3, -0.25) is 0 Å². The number of fused-ring (bicyclic) bond motifs is 2. The van der Waals surface area contributed by atoms with E-state index in [0.29, 0.717) is 33.7 Å². The minimum Gasteiger partial charge on any atom is -0.393 e. The predicted octanol–water partition coefficient (Wildman–Crippen LogP) is 8.13. The minimum atomic E-state index is -0.488. The Bertz CT molecular complexity index is 891. The molecule has 0 radical (unpaired) electrons. The molecule has 206 valence electrons. The lowest BCUT2D eigenvalue weighted by molar-refractivity contribution is -0.327. The maximum Gasteiger partial charge on any atom is 0.163 e. The molecular weight excluding hydrogens is 444 g/mol. The Morgan fingerprint density at radius 3 is 2.14 bits per heavy atom. The Balaban J connectivity index is 1.23. The third-order valence-corrected chi connectivity index (χ3v) is 14.2. The summed E-state index contributed by atoms with van der Waals surface area (Å²) < 4.78 is 12.7. The fourth-order valence-electron chi connectivity index (χ4n) is 12.7. The average Bonchev–Trinajstić information content (AvgIpc) is 3.31. The summed E-state index contributed by atoms with van der Waals surface area (Å²) in [5.74, 6) is 2.62. The second kappa shape index (κ2) is 7.54. The highest BCUT2D eigenvalue weighted by Crippen LogP contribution is 2.89. The van der Waals surface area contributed by atoms with Gasteiger partial charge in [0.25, 0.3) is 0 Å². The lowest BCUT2D eigenvalue weighted by atomic mass is 9.41. The third kappa shape index (κ3) is 3.27. The average molecular weight is 501 g/mol. The Kier molecular flexibility index (Phi) is 5.47. The van der Waals surface area contributed by atoms with E-state index in [1.54, 1.807) is 0 Å². The maximum absolute atomic E-state index is 10.9. The van der Waals surface area contributed by atoms with Gasteiger partial charge < -0.3 is 14.6 Å². The molecule has 0 bridgehead atoms. The molecule has 3 heteroatoms. The van der Waals surface area contributed by atoms with Crippen LogP contribution in [-0.2, 0) is 9.47 Å². The third-order valence-electron chi connectivity index (χ3n) is 14.2. The van der Waals surface area contributed by atoms with Crippen molar-refractivity contribution in [2.75, 3.05) is 0 Å². The molecule has 5 aliphatic carbocycles. The Morgan fingerprint density at radius 2 is 1.44 bits per heavy atom. The fourth-order valence-corrected chi connectivity index (χ4v) is 12.7. The lowest BCUT2D eigenvalue weighted by Crippen LogP contribution is -2.57. The molecule has 10 atom stereocenters. The molecule has 0 amide bonds. The van der Waals surface area contributed by atoms with Gasteiger partial charge in [-0.15, -0.1) is 0 Å². The van der Waals surface area contributed by atoms with E-state index >= 15 is 0 Å². The molecule has 6 fully saturated rings. The van der Waals surface area contributed by atoms with Crippen LogP contribution in [0.5, 0.6) is 0 Å². The van der Waals surface area contributed by atoms with Crippen molar-refractivity contribution < 1.29 is 14.6 Å². The number of aliphatic hydroxyl groups is 1. The number of aliphatic hydroxyl groups excluding tert-OH is 1.